The van der Waals surface area contributed by atoms with Gasteiger partial charge < -0.3 is 5.84 Å². The number of benzene rings is 1. The highest BCUT2D eigenvalue weighted by atomic mass is 35.5. The maximum absolute atomic E-state index is 12.6. The molecule has 0 saturated heterocycles. The summed E-state index contributed by atoms with van der Waals surface area (Å²) in [5.41, 5.74) is -2.02. The van der Waals surface area contributed by atoms with Crippen molar-refractivity contribution >= 4 is 23.2 Å². The van der Waals surface area contributed by atoms with Gasteiger partial charge in [0.1, 0.15) is 5.69 Å². The van der Waals surface area contributed by atoms with Crippen LogP contribution in [0.4, 0.5) is 13.2 Å². The molecular weight excluding hydrogens is 316 g/mol. The van der Waals surface area contributed by atoms with Crippen LogP contribution in [0.2, 0.25) is 10.0 Å². The SMILES string of the molecule is Nn1c(C(F)(F)F)ccc(-c2ccc(Cl)cc2Cl)c1=O. The summed E-state index contributed by atoms with van der Waals surface area (Å²) in [4.78, 5) is 11.9. The van der Waals surface area contributed by atoms with E-state index in [1.165, 1.54) is 18.2 Å². The van der Waals surface area contributed by atoms with Gasteiger partial charge in [0.15, 0.2) is 0 Å². The summed E-state index contributed by atoms with van der Waals surface area (Å²) in [6.07, 6.45) is -4.71. The maximum atomic E-state index is 12.6. The summed E-state index contributed by atoms with van der Waals surface area (Å²) in [7, 11) is 0. The van der Waals surface area contributed by atoms with Crippen LogP contribution in [0.3, 0.4) is 0 Å². The van der Waals surface area contributed by atoms with Crippen LogP contribution >= 0.6 is 23.2 Å². The van der Waals surface area contributed by atoms with Crippen LogP contribution in [0.5, 0.6) is 0 Å². The topological polar surface area (TPSA) is 48.0 Å². The van der Waals surface area contributed by atoms with Gasteiger partial charge in [-0.3, -0.25) is 4.79 Å². The highest BCUT2D eigenvalue weighted by Crippen LogP contribution is 2.31. The van der Waals surface area contributed by atoms with Gasteiger partial charge in [-0.1, -0.05) is 29.3 Å². The van der Waals surface area contributed by atoms with Gasteiger partial charge in [0.2, 0.25) is 0 Å². The predicted molar refractivity (Wildman–Crippen MR) is 71.3 cm³/mol. The highest BCUT2D eigenvalue weighted by molar-refractivity contribution is 6.36. The van der Waals surface area contributed by atoms with Crippen LogP contribution in [0.1, 0.15) is 5.69 Å². The smallest absolute Gasteiger partial charge is 0.336 e. The number of nitrogen functional groups attached to an aromatic ring is 1. The molecule has 106 valence electrons. The molecule has 0 unspecified atom stereocenters. The first-order valence-electron chi connectivity index (χ1n) is 5.25. The van der Waals surface area contributed by atoms with Gasteiger partial charge >= 0.3 is 6.18 Å². The van der Waals surface area contributed by atoms with Crippen LogP contribution in [0.15, 0.2) is 35.1 Å². The van der Waals surface area contributed by atoms with Gasteiger partial charge in [-0.05, 0) is 24.3 Å². The van der Waals surface area contributed by atoms with Crippen molar-refractivity contribution in [3.05, 3.63) is 56.4 Å². The standard InChI is InChI=1S/C12H7Cl2F3N2O/c13-6-1-2-7(9(14)5-6)8-3-4-10(12(15,16)17)19(18)11(8)20/h1-5H,18H2. The quantitative estimate of drug-likeness (QED) is 0.816. The lowest BCUT2D eigenvalue weighted by molar-refractivity contribution is -0.143. The van der Waals surface area contributed by atoms with Gasteiger partial charge in [0.25, 0.3) is 5.56 Å². The molecule has 0 saturated carbocycles. The molecule has 0 amide bonds. The Balaban J connectivity index is 2.66. The van der Waals surface area contributed by atoms with E-state index in [1.54, 1.807) is 0 Å². The molecule has 0 spiro atoms. The van der Waals surface area contributed by atoms with Crippen LogP contribution in [-0.4, -0.2) is 4.68 Å². The molecule has 2 rings (SSSR count). The van der Waals surface area contributed by atoms with E-state index in [4.69, 9.17) is 29.0 Å². The Morgan fingerprint density at radius 3 is 2.20 bits per heavy atom. The van der Waals surface area contributed by atoms with E-state index in [1.807, 2.05) is 0 Å². The Hall–Kier alpha value is -1.66. The van der Waals surface area contributed by atoms with Gasteiger partial charge in [-0.2, -0.15) is 13.2 Å². The minimum Gasteiger partial charge on any atom is -0.336 e. The lowest BCUT2D eigenvalue weighted by Crippen LogP contribution is -2.34. The van der Waals surface area contributed by atoms with Gasteiger partial charge in [-0.25, -0.2) is 4.68 Å². The Bertz CT molecular complexity index is 726. The third kappa shape index (κ3) is 2.62. The van der Waals surface area contributed by atoms with E-state index in [0.717, 1.165) is 12.1 Å². The second-order valence-electron chi connectivity index (χ2n) is 3.93. The molecule has 0 aliphatic rings. The summed E-state index contributed by atoms with van der Waals surface area (Å²) >= 11 is 11.6. The molecular formula is C12H7Cl2F3N2O. The van der Waals surface area contributed by atoms with Crippen molar-refractivity contribution in [2.45, 2.75) is 6.18 Å². The van der Waals surface area contributed by atoms with E-state index >= 15 is 0 Å². The van der Waals surface area contributed by atoms with E-state index < -0.39 is 17.4 Å². The summed E-state index contributed by atoms with van der Waals surface area (Å²) in [5, 5.41) is 0.494. The number of rotatable bonds is 1. The van der Waals surface area contributed by atoms with Crippen LogP contribution in [0, 0.1) is 0 Å². The zero-order valence-electron chi connectivity index (χ0n) is 9.71. The van der Waals surface area contributed by atoms with E-state index in [9.17, 15) is 18.0 Å². The van der Waals surface area contributed by atoms with Gasteiger partial charge in [0, 0.05) is 10.6 Å². The average Bonchev–Trinajstić information content (AvgIpc) is 2.32. The molecule has 0 atom stereocenters. The van der Waals surface area contributed by atoms with Crippen LogP contribution < -0.4 is 11.4 Å². The monoisotopic (exact) mass is 322 g/mol. The number of halogens is 5. The van der Waals surface area contributed by atoms with E-state index in [2.05, 4.69) is 0 Å². The summed E-state index contributed by atoms with van der Waals surface area (Å²) < 4.78 is 37.9. The molecule has 1 aromatic heterocycles. The Labute approximate surface area is 121 Å². The lowest BCUT2D eigenvalue weighted by atomic mass is 10.1. The number of nitrogens with two attached hydrogens (primary N) is 1. The largest absolute Gasteiger partial charge is 0.433 e. The summed E-state index contributed by atoms with van der Waals surface area (Å²) in [5.74, 6) is 5.20. The van der Waals surface area contributed by atoms with Gasteiger partial charge in [0.05, 0.1) is 10.6 Å². The number of nitrogens with zero attached hydrogens (tertiary/aromatic N) is 1. The summed E-state index contributed by atoms with van der Waals surface area (Å²) in [6, 6.07) is 6.05. The zero-order valence-corrected chi connectivity index (χ0v) is 11.2. The minimum absolute atomic E-state index is 0.0397. The van der Waals surface area contributed by atoms with Crippen molar-refractivity contribution < 1.29 is 13.2 Å². The molecule has 0 aliphatic carbocycles. The first kappa shape index (κ1) is 14.7. The third-order valence-electron chi connectivity index (χ3n) is 2.63. The molecule has 20 heavy (non-hydrogen) atoms. The molecule has 0 aliphatic heterocycles. The first-order valence-corrected chi connectivity index (χ1v) is 6.01. The van der Waals surface area contributed by atoms with Crippen molar-refractivity contribution in [3.63, 3.8) is 0 Å². The van der Waals surface area contributed by atoms with Crippen molar-refractivity contribution in [1.29, 1.82) is 0 Å². The highest BCUT2D eigenvalue weighted by Gasteiger charge is 2.34. The zero-order chi connectivity index (χ0) is 15.1. The number of alkyl halides is 3. The number of hydrogen-bond donors (Lipinski definition) is 1. The fourth-order valence-electron chi connectivity index (χ4n) is 1.70. The molecule has 0 bridgehead atoms. The molecule has 0 radical (unpaired) electrons. The molecule has 8 heteroatoms. The second kappa shape index (κ2) is 5.03. The number of hydrogen-bond acceptors (Lipinski definition) is 2. The fourth-order valence-corrected chi connectivity index (χ4v) is 2.21. The molecule has 0 fully saturated rings. The maximum Gasteiger partial charge on any atom is 0.433 e. The predicted octanol–water partition coefficient (Wildman–Crippen LogP) is 3.55. The average molecular weight is 323 g/mol. The summed E-state index contributed by atoms with van der Waals surface area (Å²) in [6.45, 7) is 0. The Morgan fingerprint density at radius 1 is 1.05 bits per heavy atom. The van der Waals surface area contributed by atoms with Gasteiger partial charge in [-0.15, -0.1) is 0 Å². The lowest BCUT2D eigenvalue weighted by Gasteiger charge is -2.13. The van der Waals surface area contributed by atoms with Crippen molar-refractivity contribution in [1.82, 2.24) is 4.68 Å². The second-order valence-corrected chi connectivity index (χ2v) is 4.77. The third-order valence-corrected chi connectivity index (χ3v) is 3.18. The van der Waals surface area contributed by atoms with Crippen LogP contribution in [0.25, 0.3) is 11.1 Å². The van der Waals surface area contributed by atoms with Crippen molar-refractivity contribution in [3.8, 4) is 11.1 Å². The number of pyridine rings is 1. The van der Waals surface area contributed by atoms with E-state index in [-0.39, 0.29) is 20.8 Å². The molecule has 3 nitrogen and oxygen atoms in total. The number of aromatic nitrogens is 1. The Morgan fingerprint density at radius 2 is 1.65 bits per heavy atom. The molecule has 1 heterocycles. The van der Waals surface area contributed by atoms with Crippen molar-refractivity contribution in [2.24, 2.45) is 0 Å². The van der Waals surface area contributed by atoms with Crippen molar-refractivity contribution in [2.75, 3.05) is 5.84 Å². The first-order chi connectivity index (χ1) is 9.21. The van der Waals surface area contributed by atoms with Crippen LogP contribution in [-0.2, 0) is 6.18 Å². The molecule has 1 aromatic carbocycles. The molecule has 2 N–H and O–H groups in total. The normalized spacial score (nSPS) is 11.7. The van der Waals surface area contributed by atoms with E-state index in [0.29, 0.717) is 5.02 Å². The Kier molecular flexibility index (Phi) is 3.71. The molecule has 2 aromatic rings. The fraction of sp³-hybridized carbons (Fsp3) is 0.0833. The minimum atomic E-state index is -4.71.